The first-order chi connectivity index (χ1) is 15.8. The third-order valence-corrected chi connectivity index (χ3v) is 6.66. The number of rotatable bonds is 7. The molecule has 5 nitrogen and oxygen atoms in total. The maximum Gasteiger partial charge on any atom is 0.416 e. The zero-order valence-electron chi connectivity index (χ0n) is 17.4. The predicted octanol–water partition coefficient (Wildman–Crippen LogP) is 6.06. The van der Waals surface area contributed by atoms with Gasteiger partial charge in [0.2, 0.25) is 5.91 Å². The Morgan fingerprint density at radius 2 is 1.88 bits per heavy atom. The van der Waals surface area contributed by atoms with E-state index in [0.717, 1.165) is 28.5 Å². The standard InChI is InChI=1S/C23H19F3N4OS2/c1-15(21(31)27-17-8-5-7-16(13-17)23(24,25)26)33-22-29-28-20(14-19-11-6-12-32-19)30(22)18-9-3-2-4-10-18/h2-13,15H,14H2,1H3,(H,27,31). The number of hydrogen-bond acceptors (Lipinski definition) is 5. The number of carbonyl (C=O) groups excluding carboxylic acids is 1. The van der Waals surface area contributed by atoms with Crippen molar-refractivity contribution in [1.82, 2.24) is 14.8 Å². The van der Waals surface area contributed by atoms with Gasteiger partial charge in [0.1, 0.15) is 5.82 Å². The van der Waals surface area contributed by atoms with Crippen molar-refractivity contribution in [3.63, 3.8) is 0 Å². The molecule has 4 rings (SSSR count). The minimum absolute atomic E-state index is 0.0881. The van der Waals surface area contributed by atoms with Crippen LogP contribution in [0.5, 0.6) is 0 Å². The van der Waals surface area contributed by atoms with Gasteiger partial charge in [0.25, 0.3) is 0 Å². The maximum absolute atomic E-state index is 13.0. The molecular formula is C23H19F3N4OS2. The quantitative estimate of drug-likeness (QED) is 0.322. The van der Waals surface area contributed by atoms with Crippen molar-refractivity contribution in [1.29, 1.82) is 0 Å². The molecule has 0 fully saturated rings. The van der Waals surface area contributed by atoms with Gasteiger partial charge in [0.05, 0.1) is 10.8 Å². The summed E-state index contributed by atoms with van der Waals surface area (Å²) in [6.07, 6.45) is -3.89. The Kier molecular flexibility index (Phi) is 6.85. The van der Waals surface area contributed by atoms with E-state index in [2.05, 4.69) is 15.5 Å². The van der Waals surface area contributed by atoms with Crippen LogP contribution in [0.2, 0.25) is 0 Å². The monoisotopic (exact) mass is 488 g/mol. The lowest BCUT2D eigenvalue weighted by atomic mass is 10.2. The van der Waals surface area contributed by atoms with Gasteiger partial charge in [0, 0.05) is 22.7 Å². The van der Waals surface area contributed by atoms with E-state index < -0.39 is 22.9 Å². The fourth-order valence-corrected chi connectivity index (χ4v) is 4.71. The van der Waals surface area contributed by atoms with E-state index in [0.29, 0.717) is 11.6 Å². The van der Waals surface area contributed by atoms with E-state index in [1.165, 1.54) is 23.9 Å². The van der Waals surface area contributed by atoms with Crippen LogP contribution < -0.4 is 5.32 Å². The number of aromatic nitrogens is 3. The van der Waals surface area contributed by atoms with Crippen LogP contribution in [0.1, 0.15) is 23.2 Å². The van der Waals surface area contributed by atoms with Gasteiger partial charge in [-0.05, 0) is 48.7 Å². The molecule has 0 bridgehead atoms. The Morgan fingerprint density at radius 1 is 1.09 bits per heavy atom. The van der Waals surface area contributed by atoms with Crippen molar-refractivity contribution in [2.75, 3.05) is 5.32 Å². The van der Waals surface area contributed by atoms with E-state index >= 15 is 0 Å². The summed E-state index contributed by atoms with van der Waals surface area (Å²) in [6, 6.07) is 18.1. The summed E-state index contributed by atoms with van der Waals surface area (Å²) in [5, 5.41) is 13.1. The molecule has 0 saturated carbocycles. The first-order valence-corrected chi connectivity index (χ1v) is 11.7. The summed E-state index contributed by atoms with van der Waals surface area (Å²) >= 11 is 2.82. The number of nitrogens with one attached hydrogen (secondary N) is 1. The lowest BCUT2D eigenvalue weighted by molar-refractivity contribution is -0.137. The summed E-state index contributed by atoms with van der Waals surface area (Å²) in [5.74, 6) is 0.304. The molecule has 0 saturated heterocycles. The molecule has 1 unspecified atom stereocenters. The fourth-order valence-electron chi connectivity index (χ4n) is 3.13. The smallest absolute Gasteiger partial charge is 0.325 e. The lowest BCUT2D eigenvalue weighted by Gasteiger charge is -2.14. The number of hydrogen-bond donors (Lipinski definition) is 1. The van der Waals surface area contributed by atoms with Crippen LogP contribution in [0, 0.1) is 0 Å². The number of para-hydroxylation sites is 1. The summed E-state index contributed by atoms with van der Waals surface area (Å²) in [6.45, 7) is 1.68. The molecule has 0 radical (unpaired) electrons. The summed E-state index contributed by atoms with van der Waals surface area (Å²) in [5.41, 5.74) is 0.134. The lowest BCUT2D eigenvalue weighted by Crippen LogP contribution is -2.23. The summed E-state index contributed by atoms with van der Waals surface area (Å²) in [7, 11) is 0. The van der Waals surface area contributed by atoms with Crippen molar-refractivity contribution < 1.29 is 18.0 Å². The molecule has 33 heavy (non-hydrogen) atoms. The van der Waals surface area contributed by atoms with Gasteiger partial charge >= 0.3 is 6.18 Å². The second kappa shape index (κ2) is 9.80. The molecule has 0 spiro atoms. The van der Waals surface area contributed by atoms with Crippen LogP contribution in [-0.4, -0.2) is 25.9 Å². The molecule has 0 aliphatic carbocycles. The van der Waals surface area contributed by atoms with Crippen LogP contribution in [0.3, 0.4) is 0 Å². The van der Waals surface area contributed by atoms with Crippen LogP contribution in [0.25, 0.3) is 5.69 Å². The first-order valence-electron chi connectivity index (χ1n) is 9.98. The highest BCUT2D eigenvalue weighted by molar-refractivity contribution is 8.00. The number of thioether (sulfide) groups is 1. The highest BCUT2D eigenvalue weighted by Gasteiger charge is 2.30. The number of carbonyl (C=O) groups is 1. The summed E-state index contributed by atoms with van der Waals surface area (Å²) < 4.78 is 40.8. The number of alkyl halides is 3. The van der Waals surface area contributed by atoms with Gasteiger partial charge in [-0.15, -0.1) is 21.5 Å². The van der Waals surface area contributed by atoms with Crippen LogP contribution in [0.15, 0.2) is 77.3 Å². The molecule has 1 N–H and O–H groups in total. The SMILES string of the molecule is CC(Sc1nnc(Cc2cccs2)n1-c1ccccc1)C(=O)Nc1cccc(C(F)(F)F)c1. The molecular weight excluding hydrogens is 469 g/mol. The Morgan fingerprint density at radius 3 is 2.58 bits per heavy atom. The van der Waals surface area contributed by atoms with Gasteiger partial charge < -0.3 is 5.32 Å². The molecule has 1 amide bonds. The molecule has 2 heterocycles. The molecule has 0 aliphatic rings. The number of thiophene rings is 1. The minimum atomic E-state index is -4.48. The topological polar surface area (TPSA) is 59.8 Å². The highest BCUT2D eigenvalue weighted by Crippen LogP contribution is 2.31. The third-order valence-electron chi connectivity index (χ3n) is 4.74. The van der Waals surface area contributed by atoms with Gasteiger partial charge in [0.15, 0.2) is 5.16 Å². The predicted molar refractivity (Wildman–Crippen MR) is 124 cm³/mol. The molecule has 170 valence electrons. The number of benzene rings is 2. The first kappa shape index (κ1) is 23.1. The second-order valence-corrected chi connectivity index (χ2v) is 9.49. The van der Waals surface area contributed by atoms with E-state index in [1.54, 1.807) is 18.3 Å². The van der Waals surface area contributed by atoms with Crippen molar-refractivity contribution in [2.45, 2.75) is 29.9 Å². The van der Waals surface area contributed by atoms with Crippen LogP contribution in [0.4, 0.5) is 18.9 Å². The zero-order valence-corrected chi connectivity index (χ0v) is 19.0. The average molecular weight is 489 g/mol. The molecule has 4 aromatic rings. The number of amides is 1. The molecule has 0 aliphatic heterocycles. The van der Waals surface area contributed by atoms with Crippen molar-refractivity contribution >= 4 is 34.7 Å². The normalized spacial score (nSPS) is 12.5. The number of anilines is 1. The summed E-state index contributed by atoms with van der Waals surface area (Å²) in [4.78, 5) is 13.9. The van der Waals surface area contributed by atoms with Crippen LogP contribution in [-0.2, 0) is 17.4 Å². The van der Waals surface area contributed by atoms with E-state index in [4.69, 9.17) is 0 Å². The van der Waals surface area contributed by atoms with E-state index in [9.17, 15) is 18.0 Å². The number of nitrogens with zero attached hydrogens (tertiary/aromatic N) is 3. The Balaban J connectivity index is 1.54. The van der Waals surface area contributed by atoms with Gasteiger partial charge in [-0.2, -0.15) is 13.2 Å². The highest BCUT2D eigenvalue weighted by atomic mass is 32.2. The fraction of sp³-hybridized carbons (Fsp3) is 0.174. The second-order valence-electron chi connectivity index (χ2n) is 7.15. The van der Waals surface area contributed by atoms with Crippen molar-refractivity contribution in [3.8, 4) is 5.69 Å². The molecule has 1 atom stereocenters. The molecule has 2 aromatic carbocycles. The van der Waals surface area contributed by atoms with Crippen molar-refractivity contribution in [3.05, 3.63) is 88.4 Å². The average Bonchev–Trinajstić information content (AvgIpc) is 3.44. The van der Waals surface area contributed by atoms with Gasteiger partial charge in [-0.1, -0.05) is 42.1 Å². The molecule has 10 heteroatoms. The van der Waals surface area contributed by atoms with E-state index in [1.807, 2.05) is 52.4 Å². The van der Waals surface area contributed by atoms with Gasteiger partial charge in [-0.3, -0.25) is 9.36 Å². The van der Waals surface area contributed by atoms with Gasteiger partial charge in [-0.25, -0.2) is 0 Å². The maximum atomic E-state index is 13.0. The number of halogens is 3. The largest absolute Gasteiger partial charge is 0.416 e. The van der Waals surface area contributed by atoms with E-state index in [-0.39, 0.29) is 5.69 Å². The third kappa shape index (κ3) is 5.63. The zero-order chi connectivity index (χ0) is 23.4. The minimum Gasteiger partial charge on any atom is -0.325 e. The Labute approximate surface area is 196 Å². The Bertz CT molecular complexity index is 1220. The van der Waals surface area contributed by atoms with Crippen molar-refractivity contribution in [2.24, 2.45) is 0 Å². The molecule has 2 aromatic heterocycles. The Hall–Kier alpha value is -3.11. The van der Waals surface area contributed by atoms with Crippen LogP contribution >= 0.6 is 23.1 Å².